The first kappa shape index (κ1) is 15.5. The van der Waals surface area contributed by atoms with E-state index in [0.29, 0.717) is 17.4 Å². The van der Waals surface area contributed by atoms with Gasteiger partial charge < -0.3 is 5.32 Å². The summed E-state index contributed by atoms with van der Waals surface area (Å²) < 4.78 is 26.6. The number of piperidine rings is 1. The minimum atomic E-state index is -3.35. The van der Waals surface area contributed by atoms with Crippen LogP contribution in [0.3, 0.4) is 0 Å². The fourth-order valence-corrected chi connectivity index (χ4v) is 4.08. The Labute approximate surface area is 122 Å². The van der Waals surface area contributed by atoms with Crippen molar-refractivity contribution in [3.63, 3.8) is 0 Å². The van der Waals surface area contributed by atoms with E-state index in [2.05, 4.69) is 5.32 Å². The van der Waals surface area contributed by atoms with Crippen molar-refractivity contribution in [2.75, 3.05) is 26.7 Å². The maximum absolute atomic E-state index is 12.5. The van der Waals surface area contributed by atoms with Crippen molar-refractivity contribution in [3.8, 4) is 0 Å². The molecule has 1 aliphatic rings. The van der Waals surface area contributed by atoms with Gasteiger partial charge in [0.05, 0.1) is 4.90 Å². The molecule has 0 radical (unpaired) electrons. The summed E-state index contributed by atoms with van der Waals surface area (Å²) in [5.74, 6) is 0.644. The topological polar surface area (TPSA) is 49.4 Å². The summed E-state index contributed by atoms with van der Waals surface area (Å²) in [5.41, 5.74) is 0.807. The highest BCUT2D eigenvalue weighted by atomic mass is 32.2. The van der Waals surface area contributed by atoms with Gasteiger partial charge in [-0.1, -0.05) is 18.2 Å². The Bertz CT molecular complexity index is 537. The van der Waals surface area contributed by atoms with E-state index in [1.165, 1.54) is 4.31 Å². The summed E-state index contributed by atoms with van der Waals surface area (Å²) in [6.45, 7) is 4.55. The molecule has 1 fully saturated rings. The molecule has 1 saturated heterocycles. The van der Waals surface area contributed by atoms with E-state index in [1.807, 2.05) is 19.1 Å². The standard InChI is InChI=1S/C15H24N2O2S/c1-13-5-3-4-6-15(13)20(18,19)17(2)12-9-14-7-10-16-11-8-14/h3-6,14,16H,7-12H2,1-2H3. The average Bonchev–Trinajstić information content (AvgIpc) is 2.46. The lowest BCUT2D eigenvalue weighted by atomic mass is 9.95. The Kier molecular flexibility index (Phi) is 5.18. The van der Waals surface area contributed by atoms with E-state index in [1.54, 1.807) is 19.2 Å². The van der Waals surface area contributed by atoms with Gasteiger partial charge in [0, 0.05) is 13.6 Å². The first-order valence-corrected chi connectivity index (χ1v) is 8.68. The Morgan fingerprint density at radius 1 is 1.25 bits per heavy atom. The maximum Gasteiger partial charge on any atom is 0.243 e. The molecule has 0 aromatic heterocycles. The van der Waals surface area contributed by atoms with Crippen LogP contribution in [-0.4, -0.2) is 39.4 Å². The van der Waals surface area contributed by atoms with Crippen LogP contribution >= 0.6 is 0 Å². The minimum Gasteiger partial charge on any atom is -0.317 e. The number of aryl methyl sites for hydroxylation is 1. The number of hydrogen-bond donors (Lipinski definition) is 1. The normalized spacial score (nSPS) is 17.6. The second-order valence-corrected chi connectivity index (χ2v) is 7.59. The quantitative estimate of drug-likeness (QED) is 0.904. The fraction of sp³-hybridized carbons (Fsp3) is 0.600. The largest absolute Gasteiger partial charge is 0.317 e. The molecule has 0 bridgehead atoms. The molecular weight excluding hydrogens is 272 g/mol. The summed E-state index contributed by atoms with van der Waals surface area (Å²) in [5, 5.41) is 3.33. The summed E-state index contributed by atoms with van der Waals surface area (Å²) in [6, 6.07) is 7.17. The van der Waals surface area contributed by atoms with Crippen LogP contribution in [0.15, 0.2) is 29.2 Å². The lowest BCUT2D eigenvalue weighted by Gasteiger charge is -2.25. The fourth-order valence-electron chi connectivity index (χ4n) is 2.67. The van der Waals surface area contributed by atoms with Gasteiger partial charge in [-0.2, -0.15) is 0 Å². The predicted octanol–water partition coefficient (Wildman–Crippen LogP) is 2.01. The van der Waals surface area contributed by atoms with Gasteiger partial charge in [0.15, 0.2) is 0 Å². The van der Waals surface area contributed by atoms with E-state index in [0.717, 1.165) is 37.9 Å². The Hall–Kier alpha value is -0.910. The Balaban J connectivity index is 2.00. The SMILES string of the molecule is Cc1ccccc1S(=O)(=O)N(C)CCC1CCNCC1. The minimum absolute atomic E-state index is 0.424. The molecule has 112 valence electrons. The molecule has 5 heteroatoms. The van der Waals surface area contributed by atoms with Crippen molar-refractivity contribution < 1.29 is 8.42 Å². The molecule has 1 aromatic carbocycles. The first-order chi connectivity index (χ1) is 9.51. The van der Waals surface area contributed by atoms with Crippen molar-refractivity contribution in [1.29, 1.82) is 0 Å². The Morgan fingerprint density at radius 2 is 1.90 bits per heavy atom. The van der Waals surface area contributed by atoms with Crippen LogP contribution in [-0.2, 0) is 10.0 Å². The highest BCUT2D eigenvalue weighted by Gasteiger charge is 2.23. The molecule has 1 aliphatic heterocycles. The van der Waals surface area contributed by atoms with E-state index < -0.39 is 10.0 Å². The van der Waals surface area contributed by atoms with E-state index >= 15 is 0 Å². The van der Waals surface area contributed by atoms with Gasteiger partial charge in [0.1, 0.15) is 0 Å². The second kappa shape index (κ2) is 6.70. The molecule has 0 spiro atoms. The monoisotopic (exact) mass is 296 g/mol. The van der Waals surface area contributed by atoms with Crippen LogP contribution in [0.25, 0.3) is 0 Å². The summed E-state index contributed by atoms with van der Waals surface area (Å²) in [6.07, 6.45) is 3.25. The number of rotatable bonds is 5. The zero-order valence-corrected chi connectivity index (χ0v) is 13.1. The van der Waals surface area contributed by atoms with Crippen LogP contribution in [0, 0.1) is 12.8 Å². The molecule has 0 aliphatic carbocycles. The van der Waals surface area contributed by atoms with Crippen molar-refractivity contribution in [2.45, 2.75) is 31.1 Å². The number of nitrogens with zero attached hydrogens (tertiary/aromatic N) is 1. The number of sulfonamides is 1. The van der Waals surface area contributed by atoms with Crippen LogP contribution in [0.1, 0.15) is 24.8 Å². The van der Waals surface area contributed by atoms with E-state index in [9.17, 15) is 8.42 Å². The zero-order valence-electron chi connectivity index (χ0n) is 12.3. The van der Waals surface area contributed by atoms with Gasteiger partial charge in [-0.05, 0) is 56.8 Å². The third-order valence-corrected chi connectivity index (χ3v) is 6.11. The third kappa shape index (κ3) is 3.59. The van der Waals surface area contributed by atoms with Gasteiger partial charge in [-0.25, -0.2) is 12.7 Å². The number of hydrogen-bond acceptors (Lipinski definition) is 3. The Morgan fingerprint density at radius 3 is 2.55 bits per heavy atom. The van der Waals surface area contributed by atoms with Crippen molar-refractivity contribution >= 4 is 10.0 Å². The molecule has 2 rings (SSSR count). The smallest absolute Gasteiger partial charge is 0.243 e. The van der Waals surface area contributed by atoms with E-state index in [4.69, 9.17) is 0 Å². The zero-order chi connectivity index (χ0) is 14.6. The molecule has 1 heterocycles. The van der Waals surface area contributed by atoms with Crippen LogP contribution in [0.2, 0.25) is 0 Å². The molecule has 0 unspecified atom stereocenters. The number of benzene rings is 1. The highest BCUT2D eigenvalue weighted by Crippen LogP contribution is 2.21. The highest BCUT2D eigenvalue weighted by molar-refractivity contribution is 7.89. The molecular formula is C15H24N2O2S. The lowest BCUT2D eigenvalue weighted by molar-refractivity contribution is 0.326. The maximum atomic E-state index is 12.5. The van der Waals surface area contributed by atoms with Crippen molar-refractivity contribution in [2.24, 2.45) is 5.92 Å². The number of nitrogens with one attached hydrogen (secondary N) is 1. The average molecular weight is 296 g/mol. The summed E-state index contributed by atoms with van der Waals surface area (Å²) in [7, 11) is -1.67. The second-order valence-electron chi connectivity index (χ2n) is 5.57. The van der Waals surface area contributed by atoms with Crippen LogP contribution < -0.4 is 5.32 Å². The molecule has 1 N–H and O–H groups in total. The van der Waals surface area contributed by atoms with Crippen LogP contribution in [0.4, 0.5) is 0 Å². The van der Waals surface area contributed by atoms with Gasteiger partial charge in [-0.3, -0.25) is 0 Å². The van der Waals surface area contributed by atoms with Gasteiger partial charge in [-0.15, -0.1) is 0 Å². The van der Waals surface area contributed by atoms with Crippen molar-refractivity contribution in [3.05, 3.63) is 29.8 Å². The molecule has 0 saturated carbocycles. The summed E-state index contributed by atoms with van der Waals surface area (Å²) >= 11 is 0. The van der Waals surface area contributed by atoms with E-state index in [-0.39, 0.29) is 0 Å². The van der Waals surface area contributed by atoms with Crippen LogP contribution in [0.5, 0.6) is 0 Å². The van der Waals surface area contributed by atoms with Gasteiger partial charge in [0.25, 0.3) is 0 Å². The summed E-state index contributed by atoms with van der Waals surface area (Å²) in [4.78, 5) is 0.424. The molecule has 4 nitrogen and oxygen atoms in total. The van der Waals surface area contributed by atoms with Gasteiger partial charge >= 0.3 is 0 Å². The molecule has 20 heavy (non-hydrogen) atoms. The first-order valence-electron chi connectivity index (χ1n) is 7.24. The third-order valence-electron chi connectivity index (χ3n) is 4.09. The van der Waals surface area contributed by atoms with Gasteiger partial charge in [0.2, 0.25) is 10.0 Å². The molecule has 0 atom stereocenters. The molecule has 1 aromatic rings. The lowest BCUT2D eigenvalue weighted by Crippen LogP contribution is -2.32. The van der Waals surface area contributed by atoms with Crippen molar-refractivity contribution in [1.82, 2.24) is 9.62 Å². The predicted molar refractivity (Wildman–Crippen MR) is 81.2 cm³/mol. The molecule has 0 amide bonds.